The molecule has 0 bridgehead atoms. The highest BCUT2D eigenvalue weighted by molar-refractivity contribution is 5.87. The number of hydrogen-bond donors (Lipinski definition) is 3. The van der Waals surface area contributed by atoms with Crippen molar-refractivity contribution < 1.29 is 43.9 Å². The van der Waals surface area contributed by atoms with E-state index in [4.69, 9.17) is 18.9 Å². The number of carbonyl (C=O) groups is 2. The molecular formula is C20H24O9. The lowest BCUT2D eigenvalue weighted by Crippen LogP contribution is -2.60. The molecular weight excluding hydrogens is 384 g/mol. The van der Waals surface area contributed by atoms with Gasteiger partial charge < -0.3 is 34.3 Å². The van der Waals surface area contributed by atoms with E-state index < -0.39 is 54.7 Å². The van der Waals surface area contributed by atoms with Crippen molar-refractivity contribution >= 4 is 18.0 Å². The molecule has 0 amide bonds. The average Bonchev–Trinajstić information content (AvgIpc) is 3.04. The van der Waals surface area contributed by atoms with E-state index in [1.54, 1.807) is 13.0 Å². The number of aliphatic hydroxyl groups is 3. The molecule has 0 aliphatic carbocycles. The van der Waals surface area contributed by atoms with E-state index in [0.29, 0.717) is 0 Å². The molecule has 3 N–H and O–H groups in total. The minimum Gasteiger partial charge on any atom is -0.463 e. The molecule has 9 nitrogen and oxygen atoms in total. The van der Waals surface area contributed by atoms with Gasteiger partial charge in [-0.3, -0.25) is 4.79 Å². The van der Waals surface area contributed by atoms with Gasteiger partial charge in [-0.1, -0.05) is 30.3 Å². The van der Waals surface area contributed by atoms with Gasteiger partial charge in [0.1, 0.15) is 43.7 Å². The Bertz CT molecular complexity index is 735. The van der Waals surface area contributed by atoms with Crippen LogP contribution in [0.15, 0.2) is 36.4 Å². The Kier molecular flexibility index (Phi) is 6.99. The summed E-state index contributed by atoms with van der Waals surface area (Å²) < 4.78 is 21.0. The van der Waals surface area contributed by atoms with Gasteiger partial charge in [-0.2, -0.15) is 0 Å². The van der Waals surface area contributed by atoms with E-state index in [0.717, 1.165) is 5.56 Å². The quantitative estimate of drug-likeness (QED) is 0.426. The Balaban J connectivity index is 1.55. The van der Waals surface area contributed by atoms with Crippen LogP contribution in [0.4, 0.5) is 0 Å². The fraction of sp³-hybridized carbons (Fsp3) is 0.500. The van der Waals surface area contributed by atoms with Crippen LogP contribution in [0, 0.1) is 5.92 Å². The van der Waals surface area contributed by atoms with Gasteiger partial charge in [0, 0.05) is 6.08 Å². The van der Waals surface area contributed by atoms with Gasteiger partial charge >= 0.3 is 11.9 Å². The summed E-state index contributed by atoms with van der Waals surface area (Å²) in [5.41, 5.74) is 0.813. The minimum atomic E-state index is -1.58. The third-order valence-electron chi connectivity index (χ3n) is 4.90. The molecule has 2 aliphatic rings. The maximum atomic E-state index is 11.9. The van der Waals surface area contributed by atoms with Crippen LogP contribution < -0.4 is 0 Å². The van der Waals surface area contributed by atoms with Gasteiger partial charge in [0.15, 0.2) is 6.29 Å². The second kappa shape index (κ2) is 9.47. The minimum absolute atomic E-state index is 0.00480. The van der Waals surface area contributed by atoms with E-state index in [1.165, 1.54) is 6.08 Å². The first kappa shape index (κ1) is 21.4. The van der Waals surface area contributed by atoms with Gasteiger partial charge in [-0.05, 0) is 18.6 Å². The Hall–Kier alpha value is -2.30. The van der Waals surface area contributed by atoms with Crippen molar-refractivity contribution in [3.8, 4) is 0 Å². The highest BCUT2D eigenvalue weighted by Crippen LogP contribution is 2.27. The SMILES string of the molecule is CC1C(=O)OCC1OC1OC(COC(=O)C=Cc2ccccc2)C(O)C(O)C1O. The van der Waals surface area contributed by atoms with Crippen LogP contribution in [0.2, 0.25) is 0 Å². The van der Waals surface area contributed by atoms with Crippen molar-refractivity contribution in [3.05, 3.63) is 42.0 Å². The number of hydrogen-bond acceptors (Lipinski definition) is 9. The highest BCUT2D eigenvalue weighted by atomic mass is 16.7. The number of aliphatic hydroxyl groups excluding tert-OH is 3. The topological polar surface area (TPSA) is 132 Å². The molecule has 0 spiro atoms. The third-order valence-corrected chi connectivity index (χ3v) is 4.90. The Morgan fingerprint density at radius 1 is 1.17 bits per heavy atom. The second-order valence-electron chi connectivity index (χ2n) is 6.98. The lowest BCUT2D eigenvalue weighted by molar-refractivity contribution is -0.313. The molecule has 2 aliphatic heterocycles. The maximum absolute atomic E-state index is 11.9. The molecule has 158 valence electrons. The van der Waals surface area contributed by atoms with Crippen LogP contribution in [0.3, 0.4) is 0 Å². The summed E-state index contributed by atoms with van der Waals surface area (Å²) in [6.45, 7) is 1.24. The van der Waals surface area contributed by atoms with E-state index in [1.807, 2.05) is 30.3 Å². The Labute approximate surface area is 167 Å². The van der Waals surface area contributed by atoms with Crippen molar-refractivity contribution in [1.29, 1.82) is 0 Å². The molecule has 0 aromatic heterocycles. The van der Waals surface area contributed by atoms with Crippen molar-refractivity contribution in [2.75, 3.05) is 13.2 Å². The van der Waals surface area contributed by atoms with Crippen molar-refractivity contribution in [1.82, 2.24) is 0 Å². The van der Waals surface area contributed by atoms with Gasteiger partial charge in [0.05, 0.1) is 5.92 Å². The van der Waals surface area contributed by atoms with E-state index in [2.05, 4.69) is 0 Å². The predicted octanol–water partition coefficient (Wildman–Crippen LogP) is -0.371. The molecule has 7 unspecified atom stereocenters. The fourth-order valence-corrected chi connectivity index (χ4v) is 3.03. The lowest BCUT2D eigenvalue weighted by Gasteiger charge is -2.40. The number of cyclic esters (lactones) is 1. The number of esters is 2. The van der Waals surface area contributed by atoms with Crippen LogP contribution in [-0.2, 0) is 28.5 Å². The van der Waals surface area contributed by atoms with E-state index >= 15 is 0 Å². The zero-order valence-corrected chi connectivity index (χ0v) is 15.8. The predicted molar refractivity (Wildman–Crippen MR) is 98.1 cm³/mol. The smallest absolute Gasteiger partial charge is 0.330 e. The van der Waals surface area contributed by atoms with Crippen molar-refractivity contribution in [2.45, 2.75) is 43.7 Å². The van der Waals surface area contributed by atoms with Gasteiger partial charge in [-0.25, -0.2) is 4.79 Å². The molecule has 7 atom stereocenters. The van der Waals surface area contributed by atoms with E-state index in [9.17, 15) is 24.9 Å². The summed E-state index contributed by atoms with van der Waals surface area (Å²) >= 11 is 0. The van der Waals surface area contributed by atoms with Crippen molar-refractivity contribution in [3.63, 3.8) is 0 Å². The van der Waals surface area contributed by atoms with Gasteiger partial charge in [-0.15, -0.1) is 0 Å². The van der Waals surface area contributed by atoms with E-state index in [-0.39, 0.29) is 13.2 Å². The zero-order chi connectivity index (χ0) is 21.0. The summed E-state index contributed by atoms with van der Waals surface area (Å²) in [4.78, 5) is 23.4. The van der Waals surface area contributed by atoms with Crippen LogP contribution in [0.25, 0.3) is 6.08 Å². The summed E-state index contributed by atoms with van der Waals surface area (Å²) in [6, 6.07) is 9.14. The normalized spacial score (nSPS) is 34.9. The number of rotatable bonds is 6. The molecule has 1 aromatic rings. The molecule has 2 heterocycles. The lowest BCUT2D eigenvalue weighted by atomic mass is 9.99. The first-order valence-electron chi connectivity index (χ1n) is 9.28. The summed E-state index contributed by atoms with van der Waals surface area (Å²) in [5, 5.41) is 30.3. The molecule has 0 radical (unpaired) electrons. The van der Waals surface area contributed by atoms with Gasteiger partial charge in [0.2, 0.25) is 0 Å². The Morgan fingerprint density at radius 2 is 1.90 bits per heavy atom. The first-order chi connectivity index (χ1) is 13.9. The molecule has 0 saturated carbocycles. The average molecular weight is 408 g/mol. The molecule has 1 aromatic carbocycles. The largest absolute Gasteiger partial charge is 0.463 e. The summed E-state index contributed by atoms with van der Waals surface area (Å²) in [5.74, 6) is -1.66. The van der Waals surface area contributed by atoms with Gasteiger partial charge in [0.25, 0.3) is 0 Å². The maximum Gasteiger partial charge on any atom is 0.330 e. The molecule has 9 heteroatoms. The summed E-state index contributed by atoms with van der Waals surface area (Å²) in [6.07, 6.45) is -4.92. The third kappa shape index (κ3) is 5.20. The standard InChI is InChI=1S/C20H24O9/c1-11-13(9-27-19(11)25)28-20-18(24)17(23)16(22)14(29-20)10-26-15(21)8-7-12-5-3-2-4-6-12/h2-8,11,13-14,16-18,20,22-24H,9-10H2,1H3. The van der Waals surface area contributed by atoms with Crippen LogP contribution in [0.5, 0.6) is 0 Å². The molecule has 2 fully saturated rings. The van der Waals surface area contributed by atoms with Crippen LogP contribution in [-0.4, -0.2) is 77.3 Å². The number of benzene rings is 1. The highest BCUT2D eigenvalue weighted by Gasteiger charge is 2.47. The monoisotopic (exact) mass is 408 g/mol. The molecule has 3 rings (SSSR count). The molecule has 29 heavy (non-hydrogen) atoms. The van der Waals surface area contributed by atoms with Crippen LogP contribution in [0.1, 0.15) is 12.5 Å². The van der Waals surface area contributed by atoms with Crippen LogP contribution >= 0.6 is 0 Å². The second-order valence-corrected chi connectivity index (χ2v) is 6.98. The zero-order valence-electron chi connectivity index (χ0n) is 15.8. The number of ether oxygens (including phenoxy) is 4. The Morgan fingerprint density at radius 3 is 2.55 bits per heavy atom. The molecule has 2 saturated heterocycles. The first-order valence-corrected chi connectivity index (χ1v) is 9.28. The number of carbonyl (C=O) groups excluding carboxylic acids is 2. The fourth-order valence-electron chi connectivity index (χ4n) is 3.03. The summed E-state index contributed by atoms with van der Waals surface area (Å²) in [7, 11) is 0. The van der Waals surface area contributed by atoms with Crippen molar-refractivity contribution in [2.24, 2.45) is 5.92 Å².